The van der Waals surface area contributed by atoms with E-state index in [0.29, 0.717) is 5.56 Å². The lowest BCUT2D eigenvalue weighted by molar-refractivity contribution is -0.135. The number of carbonyl (C=O) groups is 2. The highest BCUT2D eigenvalue weighted by molar-refractivity contribution is 7.92. The van der Waals surface area contributed by atoms with Gasteiger partial charge < -0.3 is 10.4 Å². The number of carbonyl (C=O) groups excluding carboxylic acids is 1. The molecule has 2 rings (SSSR count). The van der Waals surface area contributed by atoms with Gasteiger partial charge in [-0.15, -0.1) is 0 Å². The summed E-state index contributed by atoms with van der Waals surface area (Å²) in [5, 5.41) is 10.7. The predicted octanol–water partition coefficient (Wildman–Crippen LogP) is 1.75. The van der Waals surface area contributed by atoms with E-state index in [1.54, 1.807) is 6.92 Å². The van der Waals surface area contributed by atoms with Crippen molar-refractivity contribution in [3.63, 3.8) is 0 Å². The summed E-state index contributed by atoms with van der Waals surface area (Å²) in [6.45, 7) is 1.02. The van der Waals surface area contributed by atoms with Crippen LogP contribution in [-0.4, -0.2) is 31.9 Å². The van der Waals surface area contributed by atoms with Gasteiger partial charge in [0.15, 0.2) is 0 Å². The number of halogens is 1. The Hall–Kier alpha value is -2.94. The van der Waals surface area contributed by atoms with Crippen LogP contribution >= 0.6 is 0 Å². The molecule has 0 fully saturated rings. The zero-order chi connectivity index (χ0) is 18.6. The van der Waals surface area contributed by atoms with Crippen LogP contribution in [0.5, 0.6) is 0 Å². The van der Waals surface area contributed by atoms with Gasteiger partial charge in [-0.25, -0.2) is 12.8 Å². The van der Waals surface area contributed by atoms with E-state index in [1.165, 1.54) is 36.4 Å². The van der Waals surface area contributed by atoms with Crippen LogP contribution in [0.25, 0.3) is 0 Å². The standard InChI is InChI=1S/C16H15FN2O5S/c1-10-2-5-12(8-14(10)17)19-25(23,24)13-6-3-11(4-7-13)16(22)18-9-15(20)21/h2-8,19H,9H2,1H3,(H,18,22)(H,20,21). The number of nitrogens with one attached hydrogen (secondary N) is 2. The maximum Gasteiger partial charge on any atom is 0.322 e. The van der Waals surface area contributed by atoms with Crippen molar-refractivity contribution in [2.75, 3.05) is 11.3 Å². The summed E-state index contributed by atoms with van der Waals surface area (Å²) in [5.74, 6) is -2.37. The van der Waals surface area contributed by atoms with Crippen molar-refractivity contribution in [3.05, 3.63) is 59.4 Å². The van der Waals surface area contributed by atoms with E-state index in [9.17, 15) is 22.4 Å². The average molecular weight is 366 g/mol. The minimum atomic E-state index is -3.95. The van der Waals surface area contributed by atoms with Crippen LogP contribution in [0.3, 0.4) is 0 Å². The first kappa shape index (κ1) is 18.4. The Balaban J connectivity index is 2.15. The summed E-state index contributed by atoms with van der Waals surface area (Å²) in [7, 11) is -3.95. The van der Waals surface area contributed by atoms with Gasteiger partial charge in [0.25, 0.3) is 15.9 Å². The molecule has 7 nitrogen and oxygen atoms in total. The van der Waals surface area contributed by atoms with Crippen molar-refractivity contribution < 1.29 is 27.5 Å². The number of carboxylic acid groups (broad SMARTS) is 1. The van der Waals surface area contributed by atoms with Crippen molar-refractivity contribution in [1.82, 2.24) is 5.32 Å². The SMILES string of the molecule is Cc1ccc(NS(=O)(=O)c2ccc(C(=O)NCC(=O)O)cc2)cc1F. The molecule has 0 atom stereocenters. The van der Waals surface area contributed by atoms with Crippen LogP contribution < -0.4 is 10.0 Å². The van der Waals surface area contributed by atoms with Crippen molar-refractivity contribution >= 4 is 27.6 Å². The number of aryl methyl sites for hydroxylation is 1. The molecule has 0 aliphatic carbocycles. The van der Waals surface area contributed by atoms with Gasteiger partial charge in [-0.05, 0) is 48.9 Å². The Labute approximate surface area is 143 Å². The van der Waals surface area contributed by atoms with E-state index in [4.69, 9.17) is 5.11 Å². The zero-order valence-electron chi connectivity index (χ0n) is 13.1. The molecule has 0 aromatic heterocycles. The second-order valence-electron chi connectivity index (χ2n) is 5.17. The summed E-state index contributed by atoms with van der Waals surface area (Å²) in [6.07, 6.45) is 0. The maximum absolute atomic E-state index is 13.5. The molecule has 0 spiro atoms. The number of sulfonamides is 1. The fraction of sp³-hybridized carbons (Fsp3) is 0.125. The molecule has 3 N–H and O–H groups in total. The number of hydrogen-bond acceptors (Lipinski definition) is 4. The first-order chi connectivity index (χ1) is 11.7. The fourth-order valence-corrected chi connectivity index (χ4v) is 2.96. The Bertz CT molecular complexity index is 911. The highest BCUT2D eigenvalue weighted by Gasteiger charge is 2.16. The molecule has 0 heterocycles. The number of carboxylic acids is 1. The third-order valence-corrected chi connectivity index (χ3v) is 4.65. The van der Waals surface area contributed by atoms with Crippen LogP contribution in [0.15, 0.2) is 47.4 Å². The minimum absolute atomic E-state index is 0.0753. The van der Waals surface area contributed by atoms with Crippen molar-refractivity contribution in [1.29, 1.82) is 0 Å². The van der Waals surface area contributed by atoms with E-state index in [0.717, 1.165) is 6.07 Å². The van der Waals surface area contributed by atoms with E-state index in [2.05, 4.69) is 10.0 Å². The zero-order valence-corrected chi connectivity index (χ0v) is 13.9. The average Bonchev–Trinajstić information content (AvgIpc) is 2.56. The first-order valence-corrected chi connectivity index (χ1v) is 8.56. The van der Waals surface area contributed by atoms with Gasteiger partial charge in [0.1, 0.15) is 12.4 Å². The lowest BCUT2D eigenvalue weighted by Gasteiger charge is -2.09. The molecule has 0 unspecified atom stereocenters. The third kappa shape index (κ3) is 4.77. The van der Waals surface area contributed by atoms with Crippen LogP contribution in [-0.2, 0) is 14.8 Å². The maximum atomic E-state index is 13.5. The monoisotopic (exact) mass is 366 g/mol. The number of hydrogen-bond donors (Lipinski definition) is 3. The summed E-state index contributed by atoms with van der Waals surface area (Å²) < 4.78 is 40.3. The van der Waals surface area contributed by atoms with Crippen molar-refractivity contribution in [2.24, 2.45) is 0 Å². The van der Waals surface area contributed by atoms with E-state index in [-0.39, 0.29) is 16.1 Å². The summed E-state index contributed by atoms with van der Waals surface area (Å²) in [5.41, 5.74) is 0.577. The molecule has 132 valence electrons. The molecule has 9 heteroatoms. The summed E-state index contributed by atoms with van der Waals surface area (Å²) >= 11 is 0. The largest absolute Gasteiger partial charge is 0.480 e. The van der Waals surface area contributed by atoms with Gasteiger partial charge in [0.05, 0.1) is 10.6 Å². The molecule has 0 aliphatic heterocycles. The fourth-order valence-electron chi connectivity index (χ4n) is 1.91. The van der Waals surface area contributed by atoms with Gasteiger partial charge in [0.2, 0.25) is 0 Å². The molecule has 2 aromatic rings. The highest BCUT2D eigenvalue weighted by atomic mass is 32.2. The summed E-state index contributed by atoms with van der Waals surface area (Å²) in [6, 6.07) is 8.85. The van der Waals surface area contributed by atoms with Gasteiger partial charge in [0, 0.05) is 5.56 Å². The molecule has 2 aromatic carbocycles. The van der Waals surface area contributed by atoms with Crippen molar-refractivity contribution in [2.45, 2.75) is 11.8 Å². The molecule has 0 saturated carbocycles. The number of amides is 1. The van der Waals surface area contributed by atoms with Gasteiger partial charge in [-0.2, -0.15) is 0 Å². The minimum Gasteiger partial charge on any atom is -0.480 e. The lowest BCUT2D eigenvalue weighted by atomic mass is 10.2. The second kappa shape index (κ2) is 7.31. The van der Waals surface area contributed by atoms with Crippen molar-refractivity contribution in [3.8, 4) is 0 Å². The third-order valence-electron chi connectivity index (χ3n) is 3.25. The molecule has 0 radical (unpaired) electrons. The van der Waals surface area contributed by atoms with Gasteiger partial charge in [-0.3, -0.25) is 14.3 Å². The highest BCUT2D eigenvalue weighted by Crippen LogP contribution is 2.19. The number of aliphatic carboxylic acids is 1. The molecular weight excluding hydrogens is 351 g/mol. The Morgan fingerprint density at radius 2 is 1.76 bits per heavy atom. The number of benzene rings is 2. The van der Waals surface area contributed by atoms with Gasteiger partial charge >= 0.3 is 5.97 Å². The first-order valence-electron chi connectivity index (χ1n) is 7.08. The van der Waals surface area contributed by atoms with Crippen LogP contribution in [0.1, 0.15) is 15.9 Å². The molecule has 0 aliphatic rings. The second-order valence-corrected chi connectivity index (χ2v) is 6.85. The molecular formula is C16H15FN2O5S. The predicted molar refractivity (Wildman–Crippen MR) is 88.4 cm³/mol. The molecule has 0 bridgehead atoms. The Morgan fingerprint density at radius 1 is 1.12 bits per heavy atom. The molecule has 0 saturated heterocycles. The smallest absolute Gasteiger partial charge is 0.322 e. The number of rotatable bonds is 6. The topological polar surface area (TPSA) is 113 Å². The number of anilines is 1. The van der Waals surface area contributed by atoms with Crippen LogP contribution in [0.4, 0.5) is 10.1 Å². The quantitative estimate of drug-likeness (QED) is 0.721. The lowest BCUT2D eigenvalue weighted by Crippen LogP contribution is -2.29. The summed E-state index contributed by atoms with van der Waals surface area (Å²) in [4.78, 5) is 22.0. The van der Waals surface area contributed by atoms with Crippen LogP contribution in [0, 0.1) is 12.7 Å². The normalized spacial score (nSPS) is 11.0. The Morgan fingerprint density at radius 3 is 2.32 bits per heavy atom. The van der Waals surface area contributed by atoms with Gasteiger partial charge in [-0.1, -0.05) is 6.07 Å². The molecule has 1 amide bonds. The van der Waals surface area contributed by atoms with E-state index in [1.807, 2.05) is 0 Å². The van der Waals surface area contributed by atoms with E-state index >= 15 is 0 Å². The Kier molecular flexibility index (Phi) is 5.38. The van der Waals surface area contributed by atoms with E-state index < -0.39 is 34.3 Å². The molecule has 25 heavy (non-hydrogen) atoms. The van der Waals surface area contributed by atoms with Crippen LogP contribution in [0.2, 0.25) is 0 Å².